The Kier molecular flexibility index (Phi) is 5.01. The largest absolute Gasteiger partial charge is 0.465 e. The van der Waals surface area contributed by atoms with Crippen molar-refractivity contribution in [1.29, 1.82) is 0 Å². The zero-order valence-electron chi connectivity index (χ0n) is 13.6. The number of nitrogens with zero attached hydrogens (tertiary/aromatic N) is 1. The zero-order valence-corrected chi connectivity index (χ0v) is 13.6. The van der Waals surface area contributed by atoms with Crippen molar-refractivity contribution in [2.45, 2.75) is 0 Å². The van der Waals surface area contributed by atoms with E-state index < -0.39 is 11.9 Å². The van der Waals surface area contributed by atoms with E-state index in [0.29, 0.717) is 16.7 Å². The quantitative estimate of drug-likeness (QED) is 0.799. The summed E-state index contributed by atoms with van der Waals surface area (Å²) >= 11 is 0. The molecule has 0 aromatic heterocycles. The lowest BCUT2D eigenvalue weighted by atomic mass is 10.1. The van der Waals surface area contributed by atoms with E-state index in [0.717, 1.165) is 11.3 Å². The van der Waals surface area contributed by atoms with Crippen LogP contribution in [-0.4, -0.2) is 40.3 Å². The van der Waals surface area contributed by atoms with Crippen molar-refractivity contribution in [3.05, 3.63) is 58.7 Å². The predicted octanol–water partition coefficient (Wildman–Crippen LogP) is 2.35. The first-order valence-corrected chi connectivity index (χ1v) is 7.05. The van der Waals surface area contributed by atoms with Gasteiger partial charge in [-0.1, -0.05) is 12.1 Å². The molecule has 1 aliphatic carbocycles. The lowest BCUT2D eigenvalue weighted by Gasteiger charge is -2.12. The van der Waals surface area contributed by atoms with Gasteiger partial charge in [0.1, 0.15) is 0 Å². The topological polar surface area (TPSA) is 55.8 Å². The van der Waals surface area contributed by atoms with Gasteiger partial charge in [-0.05, 0) is 41.5 Å². The minimum Gasteiger partial charge on any atom is -0.465 e. The smallest absolute Gasteiger partial charge is 0.338 e. The molecule has 0 fully saturated rings. The Hall–Kier alpha value is -2.82. The highest BCUT2D eigenvalue weighted by molar-refractivity contribution is 6.04. The number of hydrogen-bond acceptors (Lipinski definition) is 5. The normalized spacial score (nSPS) is 15.0. The Balaban J connectivity index is 2.38. The molecule has 0 saturated carbocycles. The number of anilines is 1. The minimum atomic E-state index is -0.490. The molecule has 0 bridgehead atoms. The van der Waals surface area contributed by atoms with E-state index in [1.165, 1.54) is 20.3 Å². The third kappa shape index (κ3) is 3.69. The highest BCUT2D eigenvalue weighted by Crippen LogP contribution is 2.28. The number of carbonyl (C=O) groups is 2. The molecule has 0 saturated heterocycles. The van der Waals surface area contributed by atoms with Gasteiger partial charge in [-0.25, -0.2) is 9.59 Å². The van der Waals surface area contributed by atoms with E-state index in [1.807, 2.05) is 49.3 Å². The fraction of sp³-hybridized carbons (Fsp3) is 0.222. The number of esters is 2. The molecule has 0 heterocycles. The molecular formula is C18H19NO4. The number of benzene rings is 1. The zero-order chi connectivity index (χ0) is 17.0. The molecule has 0 N–H and O–H groups in total. The summed E-state index contributed by atoms with van der Waals surface area (Å²) in [6, 6.07) is 7.85. The Morgan fingerprint density at radius 3 is 2.09 bits per heavy atom. The van der Waals surface area contributed by atoms with Gasteiger partial charge in [0.2, 0.25) is 0 Å². The summed E-state index contributed by atoms with van der Waals surface area (Å²) in [5.74, 6) is -0.978. The maximum Gasteiger partial charge on any atom is 0.338 e. The number of hydrogen-bond donors (Lipinski definition) is 0. The summed E-state index contributed by atoms with van der Waals surface area (Å²) in [7, 11) is 6.54. The number of carbonyl (C=O) groups excluding carboxylic acids is 2. The first-order valence-electron chi connectivity index (χ1n) is 7.05. The SMILES string of the molecule is COC(=O)C1=C/C(=C\c2ccc(N(C)C)cc2)C(C(=O)OC)=C1. The molecule has 0 unspecified atom stereocenters. The highest BCUT2D eigenvalue weighted by Gasteiger charge is 2.23. The van der Waals surface area contributed by atoms with Gasteiger partial charge in [0.05, 0.1) is 25.4 Å². The summed E-state index contributed by atoms with van der Waals surface area (Å²) < 4.78 is 9.47. The Morgan fingerprint density at radius 2 is 1.57 bits per heavy atom. The van der Waals surface area contributed by atoms with Crippen molar-refractivity contribution in [3.63, 3.8) is 0 Å². The predicted molar refractivity (Wildman–Crippen MR) is 88.9 cm³/mol. The van der Waals surface area contributed by atoms with Crippen molar-refractivity contribution in [2.75, 3.05) is 33.2 Å². The van der Waals surface area contributed by atoms with E-state index in [4.69, 9.17) is 9.47 Å². The molecule has 0 aliphatic heterocycles. The molecule has 0 radical (unpaired) electrons. The highest BCUT2D eigenvalue weighted by atomic mass is 16.5. The molecule has 0 spiro atoms. The molecule has 5 heteroatoms. The van der Waals surface area contributed by atoms with Crippen molar-refractivity contribution >= 4 is 23.7 Å². The molecule has 0 amide bonds. The number of rotatable bonds is 4. The molecule has 1 aromatic carbocycles. The van der Waals surface area contributed by atoms with E-state index in [-0.39, 0.29) is 0 Å². The lowest BCUT2D eigenvalue weighted by molar-refractivity contribution is -0.136. The van der Waals surface area contributed by atoms with E-state index in [9.17, 15) is 9.59 Å². The van der Waals surface area contributed by atoms with Crippen LogP contribution in [0.1, 0.15) is 5.56 Å². The van der Waals surface area contributed by atoms with Crippen LogP contribution in [0.5, 0.6) is 0 Å². The van der Waals surface area contributed by atoms with Gasteiger partial charge in [0.15, 0.2) is 0 Å². The van der Waals surface area contributed by atoms with Crippen molar-refractivity contribution in [2.24, 2.45) is 0 Å². The monoisotopic (exact) mass is 313 g/mol. The molecule has 23 heavy (non-hydrogen) atoms. The fourth-order valence-corrected chi connectivity index (χ4v) is 2.22. The van der Waals surface area contributed by atoms with Crippen LogP contribution >= 0.6 is 0 Å². The first kappa shape index (κ1) is 16.5. The van der Waals surface area contributed by atoms with Crippen LogP contribution < -0.4 is 4.90 Å². The van der Waals surface area contributed by atoms with Crippen molar-refractivity contribution in [1.82, 2.24) is 0 Å². The van der Waals surface area contributed by atoms with Crippen LogP contribution in [0.15, 0.2) is 53.1 Å². The van der Waals surface area contributed by atoms with Gasteiger partial charge in [0.25, 0.3) is 0 Å². The summed E-state index contributed by atoms with van der Waals surface area (Å²) in [4.78, 5) is 25.6. The Morgan fingerprint density at radius 1 is 0.957 bits per heavy atom. The fourth-order valence-electron chi connectivity index (χ4n) is 2.22. The van der Waals surface area contributed by atoms with Crippen LogP contribution in [-0.2, 0) is 19.1 Å². The second-order valence-corrected chi connectivity index (χ2v) is 5.23. The van der Waals surface area contributed by atoms with E-state index in [1.54, 1.807) is 6.08 Å². The van der Waals surface area contributed by atoms with Crippen LogP contribution in [0.3, 0.4) is 0 Å². The molecule has 1 aromatic rings. The molecule has 1 aliphatic rings. The van der Waals surface area contributed by atoms with Gasteiger partial charge < -0.3 is 14.4 Å². The number of allylic oxidation sites excluding steroid dienone is 1. The average Bonchev–Trinajstić information content (AvgIpc) is 2.97. The summed E-state index contributed by atoms with van der Waals surface area (Å²) in [5.41, 5.74) is 3.28. The van der Waals surface area contributed by atoms with Crippen LogP contribution in [0, 0.1) is 0 Å². The third-order valence-electron chi connectivity index (χ3n) is 3.48. The van der Waals surface area contributed by atoms with Crippen molar-refractivity contribution in [3.8, 4) is 0 Å². The Labute approximate surface area is 135 Å². The van der Waals surface area contributed by atoms with Crippen LogP contribution in [0.4, 0.5) is 5.69 Å². The van der Waals surface area contributed by atoms with Crippen LogP contribution in [0.25, 0.3) is 6.08 Å². The summed E-state index contributed by atoms with van der Waals surface area (Å²) in [6.07, 6.45) is 4.94. The first-order chi connectivity index (χ1) is 11.0. The second kappa shape index (κ2) is 6.96. The molecule has 120 valence electrons. The molecule has 0 atom stereocenters. The van der Waals surface area contributed by atoms with Crippen molar-refractivity contribution < 1.29 is 19.1 Å². The van der Waals surface area contributed by atoms with E-state index in [2.05, 4.69) is 0 Å². The third-order valence-corrected chi connectivity index (χ3v) is 3.48. The van der Waals surface area contributed by atoms with Gasteiger partial charge in [0, 0.05) is 19.8 Å². The summed E-state index contributed by atoms with van der Waals surface area (Å²) in [5, 5.41) is 0. The minimum absolute atomic E-state index is 0.323. The van der Waals surface area contributed by atoms with Gasteiger partial charge in [-0.2, -0.15) is 0 Å². The molecular weight excluding hydrogens is 294 g/mol. The van der Waals surface area contributed by atoms with Gasteiger partial charge in [-0.3, -0.25) is 0 Å². The number of methoxy groups -OCH3 is 2. The van der Waals surface area contributed by atoms with E-state index >= 15 is 0 Å². The lowest BCUT2D eigenvalue weighted by Crippen LogP contribution is -2.08. The standard InChI is InChI=1S/C18H19NO4/c1-19(2)15-7-5-12(6-8-15)9-13-10-14(17(20)22-3)11-16(13)18(21)23-4/h5-11H,1-4H3/b13-9+. The van der Waals surface area contributed by atoms with Gasteiger partial charge in [-0.15, -0.1) is 0 Å². The molecule has 5 nitrogen and oxygen atoms in total. The second-order valence-electron chi connectivity index (χ2n) is 5.23. The molecule has 2 rings (SSSR count). The summed E-state index contributed by atoms with van der Waals surface area (Å²) in [6.45, 7) is 0. The van der Waals surface area contributed by atoms with Gasteiger partial charge >= 0.3 is 11.9 Å². The maximum atomic E-state index is 11.9. The number of ether oxygens (including phenoxy) is 2. The maximum absolute atomic E-state index is 11.9. The average molecular weight is 313 g/mol. The Bertz CT molecular complexity index is 709. The van der Waals surface area contributed by atoms with Crippen LogP contribution in [0.2, 0.25) is 0 Å².